The van der Waals surface area contributed by atoms with Crippen molar-refractivity contribution >= 4 is 11.9 Å². The second-order valence-corrected chi connectivity index (χ2v) is 5.58. The van der Waals surface area contributed by atoms with Gasteiger partial charge in [0.05, 0.1) is 12.0 Å². The average Bonchev–Trinajstić information content (AvgIpc) is 2.43. The van der Waals surface area contributed by atoms with Gasteiger partial charge in [-0.2, -0.15) is 0 Å². The number of hydrogen-bond donors (Lipinski definition) is 0. The number of aliphatic carboxylic acids is 1. The van der Waals surface area contributed by atoms with Gasteiger partial charge in [0, 0.05) is 13.5 Å². The molecule has 0 bridgehead atoms. The molecule has 0 rings (SSSR count). The zero-order chi connectivity index (χ0) is 15.4. The third kappa shape index (κ3) is 12.2. The Labute approximate surface area is 152 Å². The zero-order valence-electron chi connectivity index (χ0n) is 14.3. The maximum Gasteiger partial charge on any atom is 1.00 e. The van der Waals surface area contributed by atoms with Gasteiger partial charge in [-0.25, -0.2) is 0 Å². The molecule has 0 aliphatic rings. The van der Waals surface area contributed by atoms with Crippen LogP contribution in [0, 0.1) is 0 Å². The summed E-state index contributed by atoms with van der Waals surface area (Å²) in [6, 6.07) is -0.846. The number of amides is 1. The molecule has 0 heterocycles. The fourth-order valence-corrected chi connectivity index (χ4v) is 2.14. The molecule has 1 amide bonds. The molecule has 0 saturated carbocycles. The SMILES string of the molecule is CCCCCCCCCCCC(=O)N(C)C(C)C(=O)[O-].[Na+]. The Morgan fingerprint density at radius 2 is 1.38 bits per heavy atom. The minimum Gasteiger partial charge on any atom is -0.548 e. The Morgan fingerprint density at radius 1 is 0.952 bits per heavy atom. The van der Waals surface area contributed by atoms with E-state index in [2.05, 4.69) is 6.92 Å². The predicted octanol–water partition coefficient (Wildman–Crippen LogP) is -0.492. The summed E-state index contributed by atoms with van der Waals surface area (Å²) in [4.78, 5) is 23.7. The summed E-state index contributed by atoms with van der Waals surface area (Å²) in [6.07, 6.45) is 11.3. The van der Waals surface area contributed by atoms with E-state index in [0.717, 1.165) is 12.8 Å². The van der Waals surface area contributed by atoms with Crippen molar-refractivity contribution in [1.82, 2.24) is 4.90 Å². The standard InChI is InChI=1S/C16H31NO3.Na/c1-4-5-6-7-8-9-10-11-12-13-15(18)17(3)14(2)16(19)20;/h14H,4-13H2,1-3H3,(H,19,20);/q;+1/p-1. The van der Waals surface area contributed by atoms with Gasteiger partial charge in [0.25, 0.3) is 0 Å². The average molecular weight is 307 g/mol. The monoisotopic (exact) mass is 307 g/mol. The number of rotatable bonds is 12. The van der Waals surface area contributed by atoms with Gasteiger partial charge in [-0.15, -0.1) is 0 Å². The first-order valence-electron chi connectivity index (χ1n) is 7.97. The number of carboxylic acid groups (broad SMARTS) is 1. The molecule has 21 heavy (non-hydrogen) atoms. The molecule has 0 aromatic rings. The van der Waals surface area contributed by atoms with Gasteiger partial charge in [-0.3, -0.25) is 4.79 Å². The number of likely N-dealkylation sites (N-methyl/N-ethyl adjacent to an activating group) is 1. The van der Waals surface area contributed by atoms with Crippen LogP contribution in [0.2, 0.25) is 0 Å². The molecule has 1 atom stereocenters. The molecule has 0 spiro atoms. The number of hydrogen-bond acceptors (Lipinski definition) is 3. The predicted molar refractivity (Wildman–Crippen MR) is 79.1 cm³/mol. The molecule has 0 aliphatic carbocycles. The first-order valence-corrected chi connectivity index (χ1v) is 7.97. The number of unbranched alkanes of at least 4 members (excludes halogenated alkanes) is 8. The van der Waals surface area contributed by atoms with E-state index in [-0.39, 0.29) is 35.5 Å². The van der Waals surface area contributed by atoms with Crippen LogP contribution >= 0.6 is 0 Å². The van der Waals surface area contributed by atoms with Crippen molar-refractivity contribution in [2.24, 2.45) is 0 Å². The van der Waals surface area contributed by atoms with Crippen LogP contribution in [0.5, 0.6) is 0 Å². The maximum absolute atomic E-state index is 11.7. The first-order chi connectivity index (χ1) is 9.50. The second-order valence-electron chi connectivity index (χ2n) is 5.58. The first kappa shape index (κ1) is 23.2. The van der Waals surface area contributed by atoms with Gasteiger partial charge in [-0.1, -0.05) is 58.3 Å². The Hall–Kier alpha value is -0.0600. The summed E-state index contributed by atoms with van der Waals surface area (Å²) in [5, 5.41) is 10.7. The number of carbonyl (C=O) groups excluding carboxylic acids is 2. The molecule has 4 nitrogen and oxygen atoms in total. The van der Waals surface area contributed by atoms with E-state index in [1.165, 1.54) is 63.8 Å². The largest absolute Gasteiger partial charge is 1.00 e. The number of nitrogens with zero attached hydrogens (tertiary/aromatic N) is 1. The van der Waals surface area contributed by atoms with Gasteiger partial charge in [0.15, 0.2) is 0 Å². The Kier molecular flexibility index (Phi) is 16.4. The van der Waals surface area contributed by atoms with E-state index in [9.17, 15) is 14.7 Å². The van der Waals surface area contributed by atoms with Gasteiger partial charge in [0.2, 0.25) is 5.91 Å². The van der Waals surface area contributed by atoms with Crippen LogP contribution < -0.4 is 34.7 Å². The van der Waals surface area contributed by atoms with E-state index < -0.39 is 12.0 Å². The summed E-state index contributed by atoms with van der Waals surface area (Å²) < 4.78 is 0. The van der Waals surface area contributed by atoms with E-state index in [1.807, 2.05) is 0 Å². The third-order valence-corrected chi connectivity index (χ3v) is 3.81. The molecule has 118 valence electrons. The fourth-order valence-electron chi connectivity index (χ4n) is 2.14. The summed E-state index contributed by atoms with van der Waals surface area (Å²) in [5.41, 5.74) is 0. The van der Waals surface area contributed by atoms with E-state index in [4.69, 9.17) is 0 Å². The van der Waals surface area contributed by atoms with Gasteiger partial charge in [0.1, 0.15) is 0 Å². The van der Waals surface area contributed by atoms with Gasteiger partial charge >= 0.3 is 29.6 Å². The molecular weight excluding hydrogens is 277 g/mol. The van der Waals surface area contributed by atoms with Crippen molar-refractivity contribution in [3.05, 3.63) is 0 Å². The molecule has 0 N–H and O–H groups in total. The maximum atomic E-state index is 11.7. The van der Waals surface area contributed by atoms with Crippen LogP contribution in [-0.4, -0.2) is 29.9 Å². The minimum absolute atomic E-state index is 0. The van der Waals surface area contributed by atoms with Crippen LogP contribution in [-0.2, 0) is 9.59 Å². The molecule has 0 aromatic carbocycles. The van der Waals surface area contributed by atoms with Crippen LogP contribution in [0.4, 0.5) is 0 Å². The summed E-state index contributed by atoms with van der Waals surface area (Å²) in [6.45, 7) is 3.69. The smallest absolute Gasteiger partial charge is 0.548 e. The van der Waals surface area contributed by atoms with Crippen LogP contribution in [0.3, 0.4) is 0 Å². The molecule has 5 heteroatoms. The Morgan fingerprint density at radius 3 is 1.81 bits per heavy atom. The summed E-state index contributed by atoms with van der Waals surface area (Å²) in [5.74, 6) is -1.31. The van der Waals surface area contributed by atoms with Gasteiger partial charge < -0.3 is 14.8 Å². The molecular formula is C16H30NNaO3. The second kappa shape index (κ2) is 14.9. The van der Waals surface area contributed by atoms with Crippen molar-refractivity contribution in [2.45, 2.75) is 84.1 Å². The minimum atomic E-state index is -1.20. The number of carboxylic acids is 1. The molecule has 0 aromatic heterocycles. The molecule has 0 saturated heterocycles. The van der Waals surface area contributed by atoms with Crippen molar-refractivity contribution in [2.75, 3.05) is 7.05 Å². The van der Waals surface area contributed by atoms with Crippen molar-refractivity contribution < 1.29 is 44.3 Å². The molecule has 1 unspecified atom stereocenters. The fraction of sp³-hybridized carbons (Fsp3) is 0.875. The normalized spacial score (nSPS) is 11.6. The van der Waals surface area contributed by atoms with Gasteiger partial charge in [-0.05, 0) is 13.3 Å². The third-order valence-electron chi connectivity index (χ3n) is 3.81. The zero-order valence-corrected chi connectivity index (χ0v) is 16.3. The molecule has 0 radical (unpaired) electrons. The summed E-state index contributed by atoms with van der Waals surface area (Å²) >= 11 is 0. The van der Waals surface area contributed by atoms with Crippen molar-refractivity contribution in [3.63, 3.8) is 0 Å². The van der Waals surface area contributed by atoms with Crippen molar-refractivity contribution in [1.29, 1.82) is 0 Å². The Bertz CT molecular complexity index is 285. The summed E-state index contributed by atoms with van der Waals surface area (Å²) in [7, 11) is 1.52. The Balaban J connectivity index is 0. The topological polar surface area (TPSA) is 60.4 Å². The quantitative estimate of drug-likeness (QED) is 0.361. The number of carbonyl (C=O) groups is 2. The van der Waals surface area contributed by atoms with Crippen molar-refractivity contribution in [3.8, 4) is 0 Å². The van der Waals surface area contributed by atoms with Crippen LogP contribution in [0.1, 0.15) is 78.1 Å². The van der Waals surface area contributed by atoms with E-state index >= 15 is 0 Å². The van der Waals surface area contributed by atoms with E-state index in [1.54, 1.807) is 0 Å². The van der Waals surface area contributed by atoms with Crippen LogP contribution in [0.15, 0.2) is 0 Å². The van der Waals surface area contributed by atoms with E-state index in [0.29, 0.717) is 6.42 Å². The molecule has 0 aliphatic heterocycles. The molecule has 0 fully saturated rings. The van der Waals surface area contributed by atoms with Crippen LogP contribution in [0.25, 0.3) is 0 Å².